The number of nitrogens with one attached hydrogen (secondary N) is 1. The van der Waals surface area contributed by atoms with Crippen molar-refractivity contribution in [1.82, 2.24) is 15.1 Å². The van der Waals surface area contributed by atoms with Crippen LogP contribution in [0.3, 0.4) is 0 Å². The number of rotatable bonds is 9. The Hall–Kier alpha value is -4.36. The van der Waals surface area contributed by atoms with Crippen LogP contribution in [0.15, 0.2) is 42.5 Å². The van der Waals surface area contributed by atoms with Gasteiger partial charge in [0.1, 0.15) is 17.7 Å². The summed E-state index contributed by atoms with van der Waals surface area (Å²) in [6, 6.07) is 8.73. The highest BCUT2D eigenvalue weighted by molar-refractivity contribution is 6.01. The van der Waals surface area contributed by atoms with E-state index in [0.29, 0.717) is 11.8 Å². The standard InChI is InChI=1S/C28H26F6N4O4/c1-16(18-7-9-20(10-8-18)26(41)42-2)35-24(40)22-23(28(32,33)34)36-38-12-11-37(25(22)38)15-17-5-6-19(4-3-13-39)21(14-17)27(29,30)31/h5-10,13-14,16H,3-4,11-12,15H2,1-2H3,(H,35,40). The second-order valence-electron chi connectivity index (χ2n) is 9.69. The highest BCUT2D eigenvalue weighted by atomic mass is 19.4. The average molecular weight is 597 g/mol. The zero-order valence-corrected chi connectivity index (χ0v) is 22.5. The first kappa shape index (κ1) is 30.6. The lowest BCUT2D eigenvalue weighted by atomic mass is 9.99. The second kappa shape index (κ2) is 11.9. The number of aryl methyl sites for hydroxylation is 1. The summed E-state index contributed by atoms with van der Waals surface area (Å²) in [7, 11) is 1.21. The first-order valence-electron chi connectivity index (χ1n) is 12.8. The third kappa shape index (κ3) is 6.42. The molecule has 0 spiro atoms. The molecular formula is C28H26F6N4O4. The predicted molar refractivity (Wildman–Crippen MR) is 138 cm³/mol. The number of hydrogen-bond donors (Lipinski definition) is 1. The molecule has 224 valence electrons. The fraction of sp³-hybridized carbons (Fsp3) is 0.357. The summed E-state index contributed by atoms with van der Waals surface area (Å²) in [5.74, 6) is -1.81. The maximum atomic E-state index is 14.0. The van der Waals surface area contributed by atoms with Crippen LogP contribution in [0.5, 0.6) is 0 Å². The van der Waals surface area contributed by atoms with E-state index in [-0.39, 0.29) is 55.0 Å². The molecule has 2 aromatic carbocycles. The molecule has 4 rings (SSSR count). The molecule has 2 heterocycles. The molecular weight excluding hydrogens is 570 g/mol. The maximum absolute atomic E-state index is 14.0. The van der Waals surface area contributed by atoms with E-state index >= 15 is 0 Å². The van der Waals surface area contributed by atoms with Crippen molar-refractivity contribution in [2.45, 2.75) is 51.2 Å². The smallest absolute Gasteiger partial charge is 0.436 e. The molecule has 1 unspecified atom stereocenters. The number of carbonyl (C=O) groups is 3. The number of benzene rings is 2. The van der Waals surface area contributed by atoms with E-state index in [1.165, 1.54) is 48.4 Å². The van der Waals surface area contributed by atoms with Crippen LogP contribution in [0, 0.1) is 0 Å². The molecule has 0 bridgehead atoms. The summed E-state index contributed by atoms with van der Waals surface area (Å²) in [6.45, 7) is 1.43. The van der Waals surface area contributed by atoms with Crippen LogP contribution in [0.4, 0.5) is 32.2 Å². The lowest BCUT2D eigenvalue weighted by Crippen LogP contribution is -2.31. The van der Waals surface area contributed by atoms with Crippen molar-refractivity contribution in [3.05, 3.63) is 81.5 Å². The van der Waals surface area contributed by atoms with E-state index in [0.717, 1.165) is 10.7 Å². The molecule has 1 amide bonds. The van der Waals surface area contributed by atoms with Gasteiger partial charge in [0.15, 0.2) is 5.69 Å². The Balaban J connectivity index is 1.64. The largest absolute Gasteiger partial charge is 0.465 e. The van der Waals surface area contributed by atoms with E-state index in [2.05, 4.69) is 15.2 Å². The number of ether oxygens (including phenoxy) is 1. The number of aromatic nitrogens is 2. The zero-order valence-electron chi connectivity index (χ0n) is 22.5. The van der Waals surface area contributed by atoms with Crippen molar-refractivity contribution in [1.29, 1.82) is 0 Å². The Labute approximate surface area is 236 Å². The summed E-state index contributed by atoms with van der Waals surface area (Å²) in [5.41, 5.74) is -2.25. The Morgan fingerprint density at radius 2 is 1.74 bits per heavy atom. The van der Waals surface area contributed by atoms with Gasteiger partial charge in [0.05, 0.1) is 30.8 Å². The lowest BCUT2D eigenvalue weighted by molar-refractivity contribution is -0.142. The molecule has 0 aliphatic carbocycles. The summed E-state index contributed by atoms with van der Waals surface area (Å²) in [5, 5.41) is 6.16. The van der Waals surface area contributed by atoms with Crippen LogP contribution in [0.1, 0.15) is 68.1 Å². The van der Waals surface area contributed by atoms with Crippen molar-refractivity contribution >= 4 is 24.0 Å². The minimum Gasteiger partial charge on any atom is -0.465 e. The summed E-state index contributed by atoms with van der Waals surface area (Å²) < 4.78 is 88.9. The van der Waals surface area contributed by atoms with Gasteiger partial charge < -0.3 is 19.7 Å². The topological polar surface area (TPSA) is 93.5 Å². The Morgan fingerprint density at radius 1 is 1.05 bits per heavy atom. The molecule has 0 radical (unpaired) electrons. The van der Waals surface area contributed by atoms with E-state index in [1.807, 2.05) is 0 Å². The van der Waals surface area contributed by atoms with Gasteiger partial charge >= 0.3 is 18.3 Å². The van der Waals surface area contributed by atoms with Gasteiger partial charge in [0.2, 0.25) is 0 Å². The van der Waals surface area contributed by atoms with Crippen LogP contribution in [0.2, 0.25) is 0 Å². The summed E-state index contributed by atoms with van der Waals surface area (Å²) >= 11 is 0. The Kier molecular flexibility index (Phi) is 8.64. The average Bonchev–Trinajstić information content (AvgIpc) is 3.51. The molecule has 1 aliphatic heterocycles. The minimum atomic E-state index is -4.98. The number of nitrogens with zero attached hydrogens (tertiary/aromatic N) is 3. The molecule has 1 aliphatic rings. The van der Waals surface area contributed by atoms with Crippen LogP contribution < -0.4 is 10.2 Å². The molecule has 1 N–H and O–H groups in total. The highest BCUT2D eigenvalue weighted by Crippen LogP contribution is 2.39. The Bertz CT molecular complexity index is 1480. The van der Waals surface area contributed by atoms with Gasteiger partial charge in [-0.2, -0.15) is 31.4 Å². The number of methoxy groups -OCH3 is 1. The fourth-order valence-corrected chi connectivity index (χ4v) is 4.83. The van der Waals surface area contributed by atoms with Gasteiger partial charge in [-0.05, 0) is 48.2 Å². The van der Waals surface area contributed by atoms with Crippen LogP contribution in [-0.2, 0) is 41.4 Å². The summed E-state index contributed by atoms with van der Waals surface area (Å²) in [4.78, 5) is 37.1. The third-order valence-electron chi connectivity index (χ3n) is 6.87. The minimum absolute atomic E-state index is 0.0141. The number of alkyl halides is 6. The lowest BCUT2D eigenvalue weighted by Gasteiger charge is -2.22. The quantitative estimate of drug-likeness (QED) is 0.204. The van der Waals surface area contributed by atoms with Gasteiger partial charge in [-0.1, -0.05) is 24.3 Å². The van der Waals surface area contributed by atoms with E-state index in [9.17, 15) is 40.7 Å². The van der Waals surface area contributed by atoms with Crippen molar-refractivity contribution < 1.29 is 45.5 Å². The number of hydrogen-bond acceptors (Lipinski definition) is 6. The number of carbonyl (C=O) groups excluding carboxylic acids is 3. The molecule has 8 nitrogen and oxygen atoms in total. The van der Waals surface area contributed by atoms with Crippen LogP contribution in [0.25, 0.3) is 0 Å². The molecule has 0 saturated carbocycles. The van der Waals surface area contributed by atoms with E-state index in [1.54, 1.807) is 6.92 Å². The van der Waals surface area contributed by atoms with Crippen molar-refractivity contribution in [3.8, 4) is 0 Å². The molecule has 1 atom stereocenters. The fourth-order valence-electron chi connectivity index (χ4n) is 4.83. The van der Waals surface area contributed by atoms with Gasteiger partial charge in [-0.15, -0.1) is 0 Å². The van der Waals surface area contributed by atoms with E-state index in [4.69, 9.17) is 0 Å². The van der Waals surface area contributed by atoms with Gasteiger partial charge in [-0.3, -0.25) is 4.79 Å². The maximum Gasteiger partial charge on any atom is 0.436 e. The molecule has 14 heteroatoms. The monoisotopic (exact) mass is 596 g/mol. The normalized spacial score (nSPS) is 14.0. The summed E-state index contributed by atoms with van der Waals surface area (Å²) in [6.07, 6.45) is -9.38. The molecule has 42 heavy (non-hydrogen) atoms. The molecule has 3 aromatic rings. The van der Waals surface area contributed by atoms with Crippen molar-refractivity contribution in [2.24, 2.45) is 0 Å². The third-order valence-corrected chi connectivity index (χ3v) is 6.87. The number of halogens is 6. The highest BCUT2D eigenvalue weighted by Gasteiger charge is 2.44. The Morgan fingerprint density at radius 3 is 2.33 bits per heavy atom. The first-order valence-corrected chi connectivity index (χ1v) is 12.8. The number of aldehydes is 1. The number of esters is 1. The number of amides is 1. The zero-order chi connectivity index (χ0) is 30.8. The number of anilines is 1. The molecule has 1 aromatic heterocycles. The van der Waals surface area contributed by atoms with Crippen LogP contribution in [-0.4, -0.2) is 41.6 Å². The number of fused-ring (bicyclic) bond motifs is 1. The molecule has 0 fully saturated rings. The van der Waals surface area contributed by atoms with Gasteiger partial charge in [0, 0.05) is 19.5 Å². The van der Waals surface area contributed by atoms with E-state index < -0.39 is 47.1 Å². The first-order chi connectivity index (χ1) is 19.7. The molecule has 0 saturated heterocycles. The predicted octanol–water partition coefficient (Wildman–Crippen LogP) is 5.35. The van der Waals surface area contributed by atoms with Gasteiger partial charge in [0.25, 0.3) is 5.91 Å². The van der Waals surface area contributed by atoms with Crippen molar-refractivity contribution in [2.75, 3.05) is 18.6 Å². The van der Waals surface area contributed by atoms with Crippen molar-refractivity contribution in [3.63, 3.8) is 0 Å². The second-order valence-corrected chi connectivity index (χ2v) is 9.69. The van der Waals surface area contributed by atoms with Gasteiger partial charge in [-0.25, -0.2) is 9.48 Å². The van der Waals surface area contributed by atoms with Crippen LogP contribution >= 0.6 is 0 Å². The SMILES string of the molecule is COC(=O)c1ccc(C(C)NC(=O)c2c(C(F)(F)F)nn3c2N(Cc2ccc(CCC=O)c(C(F)(F)F)c2)CC3)cc1.